The Hall–Kier alpha value is -5.89. The number of benzene rings is 1. The van der Waals surface area contributed by atoms with E-state index < -0.39 is 99.9 Å². The summed E-state index contributed by atoms with van der Waals surface area (Å²) < 4.78 is 102. The van der Waals surface area contributed by atoms with E-state index in [1.165, 1.54) is 110 Å². The molecule has 440 valence electrons. The first-order valence-electron chi connectivity index (χ1n) is 27.4. The molecule has 0 spiro atoms. The zero-order valence-corrected chi connectivity index (χ0v) is 46.0. The fraction of sp³-hybridized carbons (Fsp3) is 0.611. The standard InChI is InChI=1S/C54H71F3N11O12P/c1-2-3-4-5-6-7-8-9-10-11-12-13-14-15-16-17-24-74-28-38(75-27-37-19-18-36(26-58)25-39(37)54(55,56)57)29-76-81(73,77-30-42-46(69)48(71)52(32-59,79-42)44-22-20-40-50(61)63-34-65-67(40)44)78-31-43-47(70)49(72)53(33-60,80-43)45-23-21-41-51(62)64-35-66-68(41)45/h18-23,25,34-35,38,42-43,46-49,69-72H,2-17,24,27-31H2,1H3,(H2,61,63,65)(H2,62,64,66)/t38-,42-,43-,46-,47-,48-,49-,52+,53+/m1/s1. The number of aliphatic hydroxyl groups excluding tert-OH is 4. The first kappa shape index (κ1) is 62.7. The minimum atomic E-state index is -5.15. The summed E-state index contributed by atoms with van der Waals surface area (Å²) in [5.74, 6) is 0.0454. The summed E-state index contributed by atoms with van der Waals surface area (Å²) in [6, 6.07) is 14.1. The molecule has 2 aliphatic rings. The van der Waals surface area contributed by atoms with Gasteiger partial charge in [0.2, 0.25) is 11.2 Å². The van der Waals surface area contributed by atoms with E-state index in [1.807, 2.05) is 12.1 Å². The number of unbranched alkanes of at least 4 members (excludes halogenated alkanes) is 15. The Bertz CT molecular complexity index is 2890. The van der Waals surface area contributed by atoms with Crippen molar-refractivity contribution in [1.29, 1.82) is 15.8 Å². The van der Waals surface area contributed by atoms with Crippen molar-refractivity contribution in [3.05, 3.63) is 83.2 Å². The molecule has 6 heterocycles. The van der Waals surface area contributed by atoms with Gasteiger partial charge in [-0.05, 0) is 48.4 Å². The second-order valence-electron chi connectivity index (χ2n) is 20.3. The number of phosphoric acid groups is 1. The van der Waals surface area contributed by atoms with Crippen LogP contribution in [-0.2, 0) is 61.1 Å². The number of nitrogen functional groups attached to an aromatic ring is 2. The number of aromatic nitrogens is 6. The van der Waals surface area contributed by atoms with Crippen LogP contribution in [0.4, 0.5) is 24.8 Å². The van der Waals surface area contributed by atoms with Crippen LogP contribution in [0.25, 0.3) is 11.0 Å². The molecule has 7 rings (SSSR count). The first-order chi connectivity index (χ1) is 39.0. The van der Waals surface area contributed by atoms with E-state index in [0.29, 0.717) is 12.5 Å². The van der Waals surface area contributed by atoms with E-state index >= 15 is 0 Å². The number of anilines is 2. The number of nitrogens with two attached hydrogens (primary N) is 2. The molecular weight excluding hydrogens is 1080 g/mol. The van der Waals surface area contributed by atoms with Crippen LogP contribution in [-0.4, -0.2) is 125 Å². The lowest BCUT2D eigenvalue weighted by Crippen LogP contribution is -2.41. The summed E-state index contributed by atoms with van der Waals surface area (Å²) in [6.07, 6.45) is 3.55. The number of hydrogen-bond donors (Lipinski definition) is 6. The highest BCUT2D eigenvalue weighted by Gasteiger charge is 2.60. The fourth-order valence-corrected chi connectivity index (χ4v) is 11.3. The quantitative estimate of drug-likeness (QED) is 0.0178. The molecule has 27 heteroatoms. The van der Waals surface area contributed by atoms with Crippen molar-refractivity contribution in [3.8, 4) is 18.2 Å². The first-order valence-corrected chi connectivity index (χ1v) is 28.8. The van der Waals surface area contributed by atoms with E-state index in [2.05, 4.69) is 27.1 Å². The van der Waals surface area contributed by atoms with Crippen molar-refractivity contribution in [2.75, 3.05) is 44.5 Å². The van der Waals surface area contributed by atoms with Crippen LogP contribution in [0.3, 0.4) is 0 Å². The number of hydrogen-bond acceptors (Lipinski definition) is 21. The van der Waals surface area contributed by atoms with E-state index in [-0.39, 0.29) is 58.4 Å². The number of phosphoric ester groups is 1. The summed E-state index contributed by atoms with van der Waals surface area (Å²) in [5, 5.41) is 84.2. The second kappa shape index (κ2) is 28.9. The van der Waals surface area contributed by atoms with E-state index in [9.17, 15) is 53.9 Å². The SMILES string of the molecule is CCCCCCCCCCCCCCCCCCOC[C@H](COP(=O)(OC[C@H]1O[C@@](C#N)(c2ccc3c(N)ncnn23)[C@H](O)[C@@H]1O)OC[C@H]1O[C@@](C#N)(c2ccc3c(N)ncnn23)[C@H](O)[C@@H]1O)OCc1ccc(C#N)cc1C(F)(F)F. The Morgan fingerprint density at radius 1 is 0.691 bits per heavy atom. The fourth-order valence-electron chi connectivity index (χ4n) is 10.1. The lowest BCUT2D eigenvalue weighted by Gasteiger charge is -2.26. The highest BCUT2D eigenvalue weighted by molar-refractivity contribution is 7.48. The summed E-state index contributed by atoms with van der Waals surface area (Å²) in [5.41, 5.74) is 5.99. The predicted octanol–water partition coefficient (Wildman–Crippen LogP) is 7.23. The average Bonchev–Trinajstić information content (AvgIpc) is 4.44. The van der Waals surface area contributed by atoms with Crippen molar-refractivity contribution in [3.63, 3.8) is 0 Å². The molecule has 1 aromatic carbocycles. The topological polar surface area (TPSA) is 346 Å². The van der Waals surface area contributed by atoms with Crippen LogP contribution in [0.15, 0.2) is 55.1 Å². The molecule has 4 aromatic heterocycles. The van der Waals surface area contributed by atoms with Crippen LogP contribution < -0.4 is 11.5 Å². The molecule has 23 nitrogen and oxygen atoms in total. The smallest absolute Gasteiger partial charge is 0.387 e. The predicted molar refractivity (Wildman–Crippen MR) is 284 cm³/mol. The zero-order valence-electron chi connectivity index (χ0n) is 45.1. The molecule has 0 unspecified atom stereocenters. The van der Waals surface area contributed by atoms with Crippen molar-refractivity contribution in [2.24, 2.45) is 0 Å². The lowest BCUT2D eigenvalue weighted by atomic mass is 9.92. The molecule has 9 atom stereocenters. The maximum Gasteiger partial charge on any atom is 0.475 e. The Morgan fingerprint density at radius 2 is 1.16 bits per heavy atom. The summed E-state index contributed by atoms with van der Waals surface area (Å²) in [7, 11) is -5.15. The van der Waals surface area contributed by atoms with Crippen LogP contribution >= 0.6 is 7.82 Å². The average molecular weight is 1150 g/mol. The Kier molecular flexibility index (Phi) is 22.4. The van der Waals surface area contributed by atoms with E-state index in [1.54, 1.807) is 6.07 Å². The normalized spacial score (nSPS) is 23.5. The van der Waals surface area contributed by atoms with Crippen LogP contribution in [0.5, 0.6) is 0 Å². The van der Waals surface area contributed by atoms with Gasteiger partial charge in [-0.25, -0.2) is 23.6 Å². The van der Waals surface area contributed by atoms with Gasteiger partial charge in [0.15, 0.2) is 11.6 Å². The van der Waals surface area contributed by atoms with Crippen LogP contribution in [0.1, 0.15) is 138 Å². The number of ether oxygens (including phenoxy) is 4. The number of halogens is 3. The van der Waals surface area contributed by atoms with Crippen molar-refractivity contribution < 1.29 is 70.7 Å². The Labute approximate surface area is 467 Å². The molecule has 81 heavy (non-hydrogen) atoms. The molecule has 0 saturated carbocycles. The van der Waals surface area contributed by atoms with Gasteiger partial charge in [-0.15, -0.1) is 0 Å². The molecular formula is C54H71F3N11O12P. The van der Waals surface area contributed by atoms with Gasteiger partial charge in [0.25, 0.3) is 0 Å². The van der Waals surface area contributed by atoms with Gasteiger partial charge in [0, 0.05) is 6.61 Å². The van der Waals surface area contributed by atoms with Crippen molar-refractivity contribution in [1.82, 2.24) is 29.2 Å². The maximum atomic E-state index is 15.0. The molecule has 0 bridgehead atoms. The third kappa shape index (κ3) is 15.0. The van der Waals surface area contributed by atoms with Crippen molar-refractivity contribution >= 4 is 30.5 Å². The molecule has 2 fully saturated rings. The van der Waals surface area contributed by atoms with Gasteiger partial charge in [-0.3, -0.25) is 13.6 Å². The number of rotatable bonds is 33. The highest BCUT2D eigenvalue weighted by Crippen LogP contribution is 2.52. The monoisotopic (exact) mass is 1150 g/mol. The van der Waals surface area contributed by atoms with Gasteiger partial charge in [-0.2, -0.15) is 39.2 Å². The summed E-state index contributed by atoms with van der Waals surface area (Å²) in [4.78, 5) is 7.84. The molecule has 8 N–H and O–H groups in total. The van der Waals surface area contributed by atoms with Crippen molar-refractivity contribution in [2.45, 2.75) is 176 Å². The largest absolute Gasteiger partial charge is 0.475 e. The summed E-state index contributed by atoms with van der Waals surface area (Å²) in [6.45, 7) is -1.18. The number of fused-ring (bicyclic) bond motifs is 2. The Balaban J connectivity index is 1.05. The minimum Gasteiger partial charge on any atom is -0.387 e. The molecule has 0 amide bonds. The van der Waals surface area contributed by atoms with Crippen LogP contribution in [0, 0.1) is 34.0 Å². The molecule has 0 radical (unpaired) electrons. The molecule has 2 saturated heterocycles. The Morgan fingerprint density at radius 3 is 1.60 bits per heavy atom. The third-order valence-corrected chi connectivity index (χ3v) is 16.0. The van der Waals surface area contributed by atoms with Gasteiger partial charge >= 0.3 is 14.0 Å². The molecule has 2 aliphatic heterocycles. The zero-order chi connectivity index (χ0) is 58.2. The number of aliphatic hydroxyl groups is 4. The van der Waals surface area contributed by atoms with Gasteiger partial charge < -0.3 is 50.8 Å². The van der Waals surface area contributed by atoms with Gasteiger partial charge in [0.1, 0.15) is 78.6 Å². The van der Waals surface area contributed by atoms with Gasteiger partial charge in [0.05, 0.1) is 61.6 Å². The molecule has 5 aromatic rings. The van der Waals surface area contributed by atoms with E-state index in [4.69, 9.17) is 44.0 Å². The second-order valence-corrected chi connectivity index (χ2v) is 22.0. The van der Waals surface area contributed by atoms with Crippen LogP contribution in [0.2, 0.25) is 0 Å². The van der Waals surface area contributed by atoms with E-state index in [0.717, 1.165) is 44.4 Å². The van der Waals surface area contributed by atoms with Gasteiger partial charge in [-0.1, -0.05) is 109 Å². The third-order valence-electron chi connectivity index (χ3n) is 14.7. The number of nitriles is 3. The molecule has 0 aliphatic carbocycles. The minimum absolute atomic E-state index is 0.0227. The maximum absolute atomic E-state index is 15.0. The lowest BCUT2D eigenvalue weighted by molar-refractivity contribution is -0.139. The number of alkyl halides is 3. The summed E-state index contributed by atoms with van der Waals surface area (Å²) >= 11 is 0. The number of nitrogens with zero attached hydrogens (tertiary/aromatic N) is 9. The highest BCUT2D eigenvalue weighted by atomic mass is 31.2.